The summed E-state index contributed by atoms with van der Waals surface area (Å²) >= 11 is 0. The summed E-state index contributed by atoms with van der Waals surface area (Å²) in [6, 6.07) is 0.938. The van der Waals surface area contributed by atoms with Gasteiger partial charge >= 0.3 is 8.80 Å². The third kappa shape index (κ3) is 33.7. The van der Waals surface area contributed by atoms with Crippen LogP contribution >= 0.6 is 0 Å². The summed E-state index contributed by atoms with van der Waals surface area (Å²) in [6.07, 6.45) is 49.3. The van der Waals surface area contributed by atoms with Gasteiger partial charge in [0.25, 0.3) is 0 Å². The second-order valence-corrected chi connectivity index (χ2v) is 17.2. The number of rotatable bonds is 40. The van der Waals surface area contributed by atoms with Crippen molar-refractivity contribution in [2.75, 3.05) is 27.9 Å². The smallest absolute Gasteiger partial charge is 0.396 e. The van der Waals surface area contributed by atoms with Gasteiger partial charge in [-0.25, -0.2) is 0 Å². The molecule has 0 aromatic heterocycles. The molecule has 0 saturated carbocycles. The van der Waals surface area contributed by atoms with Crippen LogP contribution in [0.4, 0.5) is 0 Å². The Morgan fingerprint density at radius 3 is 0.578 bits per heavy atom. The Balaban J connectivity index is 3.11. The SMILES string of the molecule is CO[Si](CCCCCCCCCCCCCCCCCCCCCCCCCCCCCCCCCCCCCO)(OC)OC. The van der Waals surface area contributed by atoms with E-state index in [0.29, 0.717) is 6.61 Å². The molecule has 1 N–H and O–H groups in total. The van der Waals surface area contributed by atoms with Gasteiger partial charge in [-0.3, -0.25) is 0 Å². The first kappa shape index (κ1) is 45.1. The molecular weight excluding hydrogens is 573 g/mol. The van der Waals surface area contributed by atoms with E-state index in [-0.39, 0.29) is 0 Å². The third-order valence-electron chi connectivity index (χ3n) is 10.1. The fourth-order valence-corrected chi connectivity index (χ4v) is 8.64. The summed E-state index contributed by atoms with van der Waals surface area (Å²) in [6.45, 7) is 0.371. The van der Waals surface area contributed by atoms with Gasteiger partial charge in [-0.1, -0.05) is 212 Å². The van der Waals surface area contributed by atoms with Crippen molar-refractivity contribution in [1.29, 1.82) is 0 Å². The molecule has 0 saturated heterocycles. The minimum absolute atomic E-state index is 0.371. The number of aliphatic hydroxyl groups is 1. The van der Waals surface area contributed by atoms with Crippen LogP contribution < -0.4 is 0 Å². The first-order chi connectivity index (χ1) is 22.2. The van der Waals surface area contributed by atoms with Crippen LogP contribution in [0.15, 0.2) is 0 Å². The highest BCUT2D eigenvalue weighted by molar-refractivity contribution is 6.60. The fraction of sp³-hybridized carbons (Fsp3) is 1.00. The highest BCUT2D eigenvalue weighted by Crippen LogP contribution is 2.20. The maximum Gasteiger partial charge on any atom is 0.500 e. The molecule has 0 unspecified atom stereocenters. The summed E-state index contributed by atoms with van der Waals surface area (Å²) in [5, 5.41) is 8.80. The Kier molecular flexibility index (Phi) is 38.6. The number of hydrogen-bond acceptors (Lipinski definition) is 4. The van der Waals surface area contributed by atoms with Gasteiger partial charge < -0.3 is 18.4 Å². The highest BCUT2D eigenvalue weighted by Gasteiger charge is 2.36. The van der Waals surface area contributed by atoms with E-state index in [1.807, 2.05) is 0 Å². The molecule has 0 aliphatic rings. The Labute approximate surface area is 285 Å². The van der Waals surface area contributed by atoms with Gasteiger partial charge in [-0.15, -0.1) is 0 Å². The van der Waals surface area contributed by atoms with Gasteiger partial charge in [0.1, 0.15) is 0 Å². The summed E-state index contributed by atoms with van der Waals surface area (Å²) < 4.78 is 16.5. The first-order valence-electron chi connectivity index (χ1n) is 20.5. The molecule has 0 radical (unpaired) electrons. The van der Waals surface area contributed by atoms with Crippen LogP contribution in [0.25, 0.3) is 0 Å². The monoisotopic (exact) mass is 657 g/mol. The van der Waals surface area contributed by atoms with Crippen molar-refractivity contribution in [1.82, 2.24) is 0 Å². The van der Waals surface area contributed by atoms with Gasteiger partial charge in [0.15, 0.2) is 0 Å². The Morgan fingerprint density at radius 1 is 0.267 bits per heavy atom. The predicted octanol–water partition coefficient (Wildman–Crippen LogP) is 13.5. The predicted molar refractivity (Wildman–Crippen MR) is 200 cm³/mol. The lowest BCUT2D eigenvalue weighted by atomic mass is 10.0. The van der Waals surface area contributed by atoms with Crippen molar-refractivity contribution < 1.29 is 18.4 Å². The third-order valence-corrected chi connectivity index (χ3v) is 12.9. The molecule has 4 nitrogen and oxygen atoms in total. The zero-order chi connectivity index (χ0) is 32.8. The van der Waals surface area contributed by atoms with Crippen molar-refractivity contribution in [3.8, 4) is 0 Å². The van der Waals surface area contributed by atoms with Gasteiger partial charge in [-0.05, 0) is 12.8 Å². The van der Waals surface area contributed by atoms with Crippen LogP contribution in [0.5, 0.6) is 0 Å². The van der Waals surface area contributed by atoms with Crippen molar-refractivity contribution in [2.24, 2.45) is 0 Å². The second kappa shape index (κ2) is 38.5. The minimum atomic E-state index is -2.35. The van der Waals surface area contributed by atoms with Crippen molar-refractivity contribution in [3.63, 3.8) is 0 Å². The largest absolute Gasteiger partial charge is 0.500 e. The normalized spacial score (nSPS) is 12.0. The average Bonchev–Trinajstić information content (AvgIpc) is 3.06. The molecule has 0 aliphatic carbocycles. The zero-order valence-electron chi connectivity index (χ0n) is 31.3. The zero-order valence-corrected chi connectivity index (χ0v) is 32.3. The minimum Gasteiger partial charge on any atom is -0.396 e. The Morgan fingerprint density at radius 2 is 0.422 bits per heavy atom. The molecule has 0 aliphatic heterocycles. The van der Waals surface area contributed by atoms with Gasteiger partial charge in [-0.2, -0.15) is 0 Å². The lowest BCUT2D eigenvalue weighted by Crippen LogP contribution is -2.42. The topological polar surface area (TPSA) is 47.9 Å². The van der Waals surface area contributed by atoms with Crippen molar-refractivity contribution in [2.45, 2.75) is 231 Å². The van der Waals surface area contributed by atoms with E-state index >= 15 is 0 Å². The van der Waals surface area contributed by atoms with E-state index in [1.165, 1.54) is 212 Å². The molecule has 0 aromatic carbocycles. The van der Waals surface area contributed by atoms with Crippen LogP contribution in [0.3, 0.4) is 0 Å². The van der Waals surface area contributed by atoms with E-state index in [9.17, 15) is 0 Å². The maximum absolute atomic E-state index is 8.80. The lowest BCUT2D eigenvalue weighted by molar-refractivity contribution is 0.122. The van der Waals surface area contributed by atoms with Gasteiger partial charge in [0.05, 0.1) is 0 Å². The molecule has 0 heterocycles. The number of hydrogen-bond donors (Lipinski definition) is 1. The quantitative estimate of drug-likeness (QED) is 0.0526. The molecule has 0 bridgehead atoms. The molecule has 45 heavy (non-hydrogen) atoms. The van der Waals surface area contributed by atoms with Gasteiger partial charge in [0.2, 0.25) is 0 Å². The van der Waals surface area contributed by atoms with E-state index in [2.05, 4.69) is 0 Å². The van der Waals surface area contributed by atoms with E-state index in [4.69, 9.17) is 18.4 Å². The number of unbranched alkanes of at least 4 members (excludes halogenated alkanes) is 34. The number of aliphatic hydroxyl groups excluding tert-OH is 1. The van der Waals surface area contributed by atoms with Crippen molar-refractivity contribution >= 4 is 8.80 Å². The molecular formula is C40H84O4Si. The molecule has 272 valence electrons. The molecule has 0 rings (SSSR count). The molecule has 5 heteroatoms. The summed E-state index contributed by atoms with van der Waals surface area (Å²) in [7, 11) is 2.78. The fourth-order valence-electron chi connectivity index (χ4n) is 6.84. The van der Waals surface area contributed by atoms with E-state index in [0.717, 1.165) is 18.9 Å². The van der Waals surface area contributed by atoms with Crippen LogP contribution in [0, 0.1) is 0 Å². The first-order valence-corrected chi connectivity index (χ1v) is 22.4. The van der Waals surface area contributed by atoms with Crippen LogP contribution in [0.1, 0.15) is 225 Å². The molecule has 0 atom stereocenters. The average molecular weight is 657 g/mol. The lowest BCUT2D eigenvalue weighted by Gasteiger charge is -2.24. The Hall–Kier alpha value is 0.0569. The Bertz CT molecular complexity index is 520. The van der Waals surface area contributed by atoms with E-state index in [1.54, 1.807) is 21.3 Å². The van der Waals surface area contributed by atoms with E-state index < -0.39 is 8.80 Å². The van der Waals surface area contributed by atoms with Crippen LogP contribution in [-0.2, 0) is 13.3 Å². The van der Waals surface area contributed by atoms with Crippen LogP contribution in [-0.4, -0.2) is 41.8 Å². The molecule has 0 spiro atoms. The standard InChI is InChI=1S/C40H84O4Si/c1-42-45(43-2,44-3)40-38-36-34-32-30-28-26-24-22-20-18-16-14-12-10-8-6-4-5-7-9-11-13-15-17-19-21-23-25-27-29-31-33-35-37-39-41/h41H,4-40H2,1-3H3. The van der Waals surface area contributed by atoms with Crippen molar-refractivity contribution in [3.05, 3.63) is 0 Å². The second-order valence-electron chi connectivity index (χ2n) is 14.1. The molecule has 0 fully saturated rings. The summed E-state index contributed by atoms with van der Waals surface area (Å²) in [4.78, 5) is 0. The maximum atomic E-state index is 8.80. The van der Waals surface area contributed by atoms with Crippen LogP contribution in [0.2, 0.25) is 6.04 Å². The highest BCUT2D eigenvalue weighted by atomic mass is 28.4. The summed E-state index contributed by atoms with van der Waals surface area (Å²) in [5.41, 5.74) is 0. The molecule has 0 aromatic rings. The summed E-state index contributed by atoms with van der Waals surface area (Å²) in [5.74, 6) is 0. The van der Waals surface area contributed by atoms with Gasteiger partial charge in [0, 0.05) is 34.0 Å². The molecule has 0 amide bonds.